The van der Waals surface area contributed by atoms with Gasteiger partial charge in [0.15, 0.2) is 0 Å². The van der Waals surface area contributed by atoms with Crippen molar-refractivity contribution < 1.29 is 59.0 Å². The molecule has 256 valence electrons. The molecule has 3 aromatic heterocycles. The van der Waals surface area contributed by atoms with Gasteiger partial charge >= 0.3 is 24.3 Å². The van der Waals surface area contributed by atoms with E-state index in [1.807, 2.05) is 23.1 Å². The first-order valence-electron chi connectivity index (χ1n) is 13.2. The van der Waals surface area contributed by atoms with Crippen molar-refractivity contribution in [2.24, 2.45) is 0 Å². The zero-order valence-corrected chi connectivity index (χ0v) is 24.9. The molecule has 0 bridgehead atoms. The molecular weight excluding hydrogens is 671 g/mol. The molecule has 47 heavy (non-hydrogen) atoms. The molecule has 0 aliphatic carbocycles. The van der Waals surface area contributed by atoms with Gasteiger partial charge in [0.1, 0.15) is 17.8 Å². The first-order valence-corrected chi connectivity index (χ1v) is 14.7. The molecule has 1 aromatic carbocycles. The number of carbonyl (C=O) groups is 2. The number of nitrogens with zero attached hydrogens (tertiary/aromatic N) is 6. The van der Waals surface area contributed by atoms with Crippen molar-refractivity contribution in [2.45, 2.75) is 30.2 Å². The third kappa shape index (κ3) is 9.93. The quantitative estimate of drug-likeness (QED) is 0.252. The summed E-state index contributed by atoms with van der Waals surface area (Å²) >= 11 is 0. The lowest BCUT2D eigenvalue weighted by atomic mass is 10.2. The number of halogens is 7. The number of piperazine rings is 1. The van der Waals surface area contributed by atoms with Gasteiger partial charge in [0.05, 0.1) is 22.8 Å². The van der Waals surface area contributed by atoms with E-state index in [-0.39, 0.29) is 10.9 Å². The Morgan fingerprint density at radius 3 is 2.13 bits per heavy atom. The first-order chi connectivity index (χ1) is 21.8. The highest BCUT2D eigenvalue weighted by atomic mass is 32.2. The summed E-state index contributed by atoms with van der Waals surface area (Å²) in [7, 11) is -3.69. The maximum absolute atomic E-state index is 13.5. The molecule has 0 amide bonds. The van der Waals surface area contributed by atoms with Crippen LogP contribution in [0.25, 0.3) is 22.3 Å². The number of H-pyrrole nitrogens is 1. The van der Waals surface area contributed by atoms with Gasteiger partial charge in [0, 0.05) is 56.1 Å². The minimum absolute atomic E-state index is 0.00496. The summed E-state index contributed by atoms with van der Waals surface area (Å²) in [6.45, 7) is 4.74. The van der Waals surface area contributed by atoms with E-state index in [0.29, 0.717) is 26.2 Å². The van der Waals surface area contributed by atoms with Gasteiger partial charge in [-0.2, -0.15) is 35.7 Å². The van der Waals surface area contributed by atoms with Gasteiger partial charge in [-0.05, 0) is 31.2 Å². The second-order valence-corrected chi connectivity index (χ2v) is 11.7. The van der Waals surface area contributed by atoms with E-state index in [0.717, 1.165) is 34.9 Å². The molecule has 1 fully saturated rings. The van der Waals surface area contributed by atoms with Crippen LogP contribution >= 0.6 is 0 Å². The topological polar surface area (TPSA) is 175 Å². The Labute approximate surface area is 261 Å². The van der Waals surface area contributed by atoms with E-state index in [4.69, 9.17) is 19.8 Å². The number of aromatic amines is 1. The molecule has 4 heterocycles. The lowest BCUT2D eigenvalue weighted by Crippen LogP contribution is -2.49. The van der Waals surface area contributed by atoms with Gasteiger partial charge in [-0.3, -0.25) is 9.58 Å². The number of carboxylic acid groups (broad SMARTS) is 2. The summed E-state index contributed by atoms with van der Waals surface area (Å²) in [6, 6.07) is 7.20. The lowest BCUT2D eigenvalue weighted by Gasteiger charge is -2.35. The maximum atomic E-state index is 13.5. The predicted molar refractivity (Wildman–Crippen MR) is 149 cm³/mol. The fraction of sp³-hybridized carbons (Fsp3) is 0.346. The van der Waals surface area contributed by atoms with Crippen molar-refractivity contribution in [3.8, 4) is 11.3 Å². The summed E-state index contributed by atoms with van der Waals surface area (Å²) in [5, 5.41) is 19.7. The number of benzene rings is 1. The number of fused-ring (bicyclic) bond motifs is 1. The van der Waals surface area contributed by atoms with Crippen molar-refractivity contribution in [3.05, 3.63) is 61.1 Å². The normalized spacial score (nSPS) is 15.2. The van der Waals surface area contributed by atoms with Gasteiger partial charge in [-0.15, -0.1) is 0 Å². The molecule has 0 spiro atoms. The first kappa shape index (κ1) is 36.8. The number of hydrogen-bond acceptors (Lipinski definition) is 8. The highest BCUT2D eigenvalue weighted by Crippen LogP contribution is 2.25. The Morgan fingerprint density at radius 2 is 1.57 bits per heavy atom. The third-order valence-corrected chi connectivity index (χ3v) is 8.35. The Bertz CT molecular complexity index is 1760. The molecule has 5 rings (SSSR count). The zero-order chi connectivity index (χ0) is 35.2. The van der Waals surface area contributed by atoms with Crippen molar-refractivity contribution >= 4 is 33.0 Å². The van der Waals surface area contributed by atoms with E-state index in [2.05, 4.69) is 31.9 Å². The molecular formula is C26H26F7N7O6S. The summed E-state index contributed by atoms with van der Waals surface area (Å²) in [5.74, 6) is -6.07. The molecule has 13 nitrogen and oxygen atoms in total. The lowest BCUT2D eigenvalue weighted by molar-refractivity contribution is -0.193. The summed E-state index contributed by atoms with van der Waals surface area (Å²) in [4.78, 5) is 31.7. The summed E-state index contributed by atoms with van der Waals surface area (Å²) in [5.41, 5.74) is 2.53. The number of hydrogen-bond donors (Lipinski definition) is 3. The number of nitrogens with one attached hydrogen (secondary N) is 1. The molecule has 0 radical (unpaired) electrons. The van der Waals surface area contributed by atoms with Crippen LogP contribution in [0, 0.1) is 5.82 Å². The molecule has 1 atom stereocenters. The van der Waals surface area contributed by atoms with Crippen LogP contribution in [0.3, 0.4) is 0 Å². The number of aliphatic carboxylic acids is 2. The fourth-order valence-electron chi connectivity index (χ4n) is 4.19. The number of sulfonamides is 1. The van der Waals surface area contributed by atoms with Crippen LogP contribution in [-0.4, -0.2) is 110 Å². The Balaban J connectivity index is 0.000000360. The van der Waals surface area contributed by atoms with Crippen LogP contribution < -0.4 is 0 Å². The van der Waals surface area contributed by atoms with Crippen LogP contribution in [-0.2, 0) is 19.6 Å². The molecule has 1 unspecified atom stereocenters. The average Bonchev–Trinajstić information content (AvgIpc) is 3.68. The van der Waals surface area contributed by atoms with Gasteiger partial charge < -0.3 is 15.2 Å². The van der Waals surface area contributed by atoms with Crippen molar-refractivity contribution in [3.63, 3.8) is 0 Å². The molecule has 21 heteroatoms. The van der Waals surface area contributed by atoms with Crippen molar-refractivity contribution in [1.29, 1.82) is 0 Å². The van der Waals surface area contributed by atoms with E-state index in [9.17, 15) is 39.2 Å². The van der Waals surface area contributed by atoms with Crippen LogP contribution in [0.1, 0.15) is 13.0 Å². The Kier molecular flexibility index (Phi) is 11.6. The highest BCUT2D eigenvalue weighted by Gasteiger charge is 2.39. The van der Waals surface area contributed by atoms with Crippen LogP contribution in [0.4, 0.5) is 30.7 Å². The third-order valence-electron chi connectivity index (χ3n) is 6.45. The monoisotopic (exact) mass is 697 g/mol. The molecule has 3 N–H and O–H groups in total. The van der Waals surface area contributed by atoms with Gasteiger partial charge in [0.2, 0.25) is 10.0 Å². The molecule has 1 aliphatic heterocycles. The predicted octanol–water partition coefficient (Wildman–Crippen LogP) is 3.79. The van der Waals surface area contributed by atoms with E-state index in [1.165, 1.54) is 28.8 Å². The average molecular weight is 698 g/mol. The number of carboxylic acids is 2. The van der Waals surface area contributed by atoms with E-state index < -0.39 is 40.1 Å². The second-order valence-electron chi connectivity index (χ2n) is 9.79. The number of rotatable bonds is 6. The van der Waals surface area contributed by atoms with E-state index >= 15 is 0 Å². The number of alkyl halides is 6. The van der Waals surface area contributed by atoms with Crippen LogP contribution in [0.2, 0.25) is 0 Å². The highest BCUT2D eigenvalue weighted by molar-refractivity contribution is 7.89. The zero-order valence-electron chi connectivity index (χ0n) is 24.1. The fourth-order valence-corrected chi connectivity index (χ4v) is 5.64. The van der Waals surface area contributed by atoms with Gasteiger partial charge in [-0.25, -0.2) is 32.4 Å². The smallest absolute Gasteiger partial charge is 0.475 e. The standard InChI is InChI=1S/C22H24FN7O2S.2C2HF3O2/c1-16(30-14-17(12-27-30)21-20-5-6-24-22(20)26-15-25-21)13-28-7-9-29(10-8-28)33(31,32)19-4-2-3-18(23)11-19;2*3-2(4,5)1(6)7/h2-6,11-12,14-16H,7-10,13H2,1H3,(H,24,25,26);2*(H,6,7). The molecule has 0 saturated carbocycles. The Morgan fingerprint density at radius 1 is 0.979 bits per heavy atom. The molecule has 1 saturated heterocycles. The molecule has 4 aromatic rings. The van der Waals surface area contributed by atoms with Crippen molar-refractivity contribution in [1.82, 2.24) is 33.9 Å². The summed E-state index contributed by atoms with van der Waals surface area (Å²) < 4.78 is 106. The van der Waals surface area contributed by atoms with Crippen LogP contribution in [0.15, 0.2) is 60.1 Å². The number of aromatic nitrogens is 5. The van der Waals surface area contributed by atoms with E-state index in [1.54, 1.807) is 6.20 Å². The van der Waals surface area contributed by atoms with Gasteiger partial charge in [0.25, 0.3) is 0 Å². The van der Waals surface area contributed by atoms with Gasteiger partial charge in [-0.1, -0.05) is 6.07 Å². The second kappa shape index (κ2) is 14.9. The SMILES string of the molecule is CC(CN1CCN(S(=O)(=O)c2cccc(F)c2)CC1)n1cc(-c2ncnc3[nH]ccc23)cn1.O=C(O)C(F)(F)F.O=C(O)C(F)(F)F. The molecule has 1 aliphatic rings. The summed E-state index contributed by atoms with van der Waals surface area (Å²) in [6.07, 6.45) is -3.02. The van der Waals surface area contributed by atoms with Crippen molar-refractivity contribution in [2.75, 3.05) is 32.7 Å². The maximum Gasteiger partial charge on any atom is 0.490 e. The Hall–Kier alpha value is -4.63. The minimum Gasteiger partial charge on any atom is -0.475 e. The largest absolute Gasteiger partial charge is 0.490 e. The minimum atomic E-state index is -5.08. The van der Waals surface area contributed by atoms with Crippen LogP contribution in [0.5, 0.6) is 0 Å².